The lowest BCUT2D eigenvalue weighted by Gasteiger charge is -2.11. The van der Waals surface area contributed by atoms with Gasteiger partial charge in [0.15, 0.2) is 0 Å². The number of pyridine rings is 3. The Hall–Kier alpha value is -6.39. The third-order valence-corrected chi connectivity index (χ3v) is 9.23. The molecule has 0 atom stereocenters. The van der Waals surface area contributed by atoms with Gasteiger partial charge in [-0.15, -0.1) is 0 Å². The molecule has 0 N–H and O–H groups in total. The highest BCUT2D eigenvalue weighted by atomic mass is 16.3. The molecule has 0 saturated carbocycles. The van der Waals surface area contributed by atoms with Crippen molar-refractivity contribution in [1.82, 2.24) is 15.0 Å². The first-order chi connectivity index (χ1) is 23.3. The van der Waals surface area contributed by atoms with Crippen LogP contribution in [-0.4, -0.2) is 15.0 Å². The molecule has 10 aromatic rings. The third-order valence-electron chi connectivity index (χ3n) is 9.23. The molecular formula is C43H25N3O. The van der Waals surface area contributed by atoms with E-state index in [0.717, 1.165) is 99.2 Å². The quantitative estimate of drug-likeness (QED) is 0.190. The fraction of sp³-hybridized carbons (Fsp3) is 0. The molecule has 0 fully saturated rings. The van der Waals surface area contributed by atoms with Crippen molar-refractivity contribution in [3.63, 3.8) is 0 Å². The van der Waals surface area contributed by atoms with Crippen LogP contribution in [0.2, 0.25) is 0 Å². The normalized spacial score (nSPS) is 11.8. The number of benzene rings is 6. The Morgan fingerprint density at radius 1 is 0.383 bits per heavy atom. The Labute approximate surface area is 269 Å². The Balaban J connectivity index is 1.22. The number of hydrogen-bond donors (Lipinski definition) is 0. The molecule has 47 heavy (non-hydrogen) atoms. The second-order valence-corrected chi connectivity index (χ2v) is 12.0. The minimum absolute atomic E-state index is 0.846. The van der Waals surface area contributed by atoms with Crippen molar-refractivity contribution in [2.24, 2.45) is 0 Å². The van der Waals surface area contributed by atoms with Crippen molar-refractivity contribution < 1.29 is 4.42 Å². The number of aromatic nitrogens is 3. The van der Waals surface area contributed by atoms with E-state index in [2.05, 4.69) is 127 Å². The maximum absolute atomic E-state index is 6.48. The number of hydrogen-bond acceptors (Lipinski definition) is 4. The first-order valence-corrected chi connectivity index (χ1v) is 15.8. The van der Waals surface area contributed by atoms with Gasteiger partial charge in [-0.05, 0) is 48.5 Å². The van der Waals surface area contributed by atoms with E-state index in [0.29, 0.717) is 0 Å². The standard InChI is InChI=1S/C43H25N3O/c1-3-9-26(10-4-1)34-21-17-28-15-16-29-18-22-35(45-43(29)42(28)44-34)30-19-23-37-33(25-30)40-38(47-37)24-20-32-39(40)31-13-7-8-14-36(31)46-41(32)27-11-5-2-6-12-27/h1-25H. The molecule has 10 rings (SSSR count). The highest BCUT2D eigenvalue weighted by Gasteiger charge is 2.18. The van der Waals surface area contributed by atoms with Crippen LogP contribution in [0.4, 0.5) is 0 Å². The summed E-state index contributed by atoms with van der Waals surface area (Å²) in [4.78, 5) is 15.5. The molecule has 0 amide bonds. The van der Waals surface area contributed by atoms with Crippen LogP contribution in [0, 0.1) is 0 Å². The topological polar surface area (TPSA) is 51.8 Å². The van der Waals surface area contributed by atoms with Gasteiger partial charge in [-0.2, -0.15) is 0 Å². The lowest BCUT2D eigenvalue weighted by atomic mass is 9.95. The van der Waals surface area contributed by atoms with Crippen LogP contribution >= 0.6 is 0 Å². The number of nitrogens with zero attached hydrogens (tertiary/aromatic N) is 3. The lowest BCUT2D eigenvalue weighted by molar-refractivity contribution is 0.669. The summed E-state index contributed by atoms with van der Waals surface area (Å²) in [6.45, 7) is 0. The second-order valence-electron chi connectivity index (χ2n) is 12.0. The van der Waals surface area contributed by atoms with Crippen LogP contribution in [0.5, 0.6) is 0 Å². The van der Waals surface area contributed by atoms with Crippen molar-refractivity contribution in [3.8, 4) is 33.8 Å². The van der Waals surface area contributed by atoms with Gasteiger partial charge >= 0.3 is 0 Å². The van der Waals surface area contributed by atoms with Crippen molar-refractivity contribution >= 4 is 65.4 Å². The molecule has 4 aromatic heterocycles. The van der Waals surface area contributed by atoms with Crippen molar-refractivity contribution in [3.05, 3.63) is 152 Å². The molecule has 4 heteroatoms. The van der Waals surface area contributed by atoms with E-state index in [1.165, 1.54) is 0 Å². The first-order valence-electron chi connectivity index (χ1n) is 15.8. The summed E-state index contributed by atoms with van der Waals surface area (Å²) in [5, 5.41) is 7.64. The van der Waals surface area contributed by atoms with E-state index in [1.54, 1.807) is 0 Å². The molecule has 0 aliphatic carbocycles. The minimum atomic E-state index is 0.846. The van der Waals surface area contributed by atoms with Crippen LogP contribution in [0.3, 0.4) is 0 Å². The molecule has 4 heterocycles. The molecular weight excluding hydrogens is 574 g/mol. The van der Waals surface area contributed by atoms with Crippen molar-refractivity contribution in [2.45, 2.75) is 0 Å². The zero-order valence-electron chi connectivity index (χ0n) is 25.2. The van der Waals surface area contributed by atoms with Crippen LogP contribution < -0.4 is 0 Å². The first kappa shape index (κ1) is 25.9. The van der Waals surface area contributed by atoms with Gasteiger partial charge < -0.3 is 4.42 Å². The van der Waals surface area contributed by atoms with Gasteiger partial charge in [0.1, 0.15) is 11.2 Å². The highest BCUT2D eigenvalue weighted by Crippen LogP contribution is 2.42. The van der Waals surface area contributed by atoms with Crippen LogP contribution in [0.15, 0.2) is 156 Å². The predicted octanol–water partition coefficient (Wildman–Crippen LogP) is 11.4. The fourth-order valence-electron chi connectivity index (χ4n) is 6.98. The Bertz CT molecular complexity index is 2840. The summed E-state index contributed by atoms with van der Waals surface area (Å²) >= 11 is 0. The molecule has 4 nitrogen and oxygen atoms in total. The van der Waals surface area contributed by atoms with Crippen molar-refractivity contribution in [1.29, 1.82) is 0 Å². The molecule has 0 aliphatic heterocycles. The molecule has 0 radical (unpaired) electrons. The van der Waals surface area contributed by atoms with Gasteiger partial charge in [0, 0.05) is 54.4 Å². The monoisotopic (exact) mass is 599 g/mol. The maximum atomic E-state index is 6.48. The zero-order chi connectivity index (χ0) is 30.9. The molecule has 0 unspecified atom stereocenters. The zero-order valence-corrected chi connectivity index (χ0v) is 25.2. The Morgan fingerprint density at radius 3 is 1.74 bits per heavy atom. The summed E-state index contributed by atoms with van der Waals surface area (Å²) in [7, 11) is 0. The molecule has 0 saturated heterocycles. The van der Waals surface area contributed by atoms with Crippen LogP contribution in [0.1, 0.15) is 0 Å². The van der Waals surface area contributed by atoms with Crippen LogP contribution in [0.25, 0.3) is 99.2 Å². The summed E-state index contributed by atoms with van der Waals surface area (Å²) in [5.41, 5.74) is 10.5. The Morgan fingerprint density at radius 2 is 1.00 bits per heavy atom. The van der Waals surface area contributed by atoms with E-state index < -0.39 is 0 Å². The number of rotatable bonds is 3. The molecule has 0 aliphatic rings. The number of furan rings is 1. The molecule has 0 bridgehead atoms. The highest BCUT2D eigenvalue weighted by molar-refractivity contribution is 6.28. The maximum Gasteiger partial charge on any atom is 0.136 e. The van der Waals surface area contributed by atoms with Gasteiger partial charge in [0.25, 0.3) is 0 Å². The van der Waals surface area contributed by atoms with Gasteiger partial charge in [-0.1, -0.05) is 103 Å². The van der Waals surface area contributed by atoms with E-state index in [-0.39, 0.29) is 0 Å². The van der Waals surface area contributed by atoms with Gasteiger partial charge in [0.05, 0.1) is 33.6 Å². The third kappa shape index (κ3) is 4.05. The largest absolute Gasteiger partial charge is 0.456 e. The SMILES string of the molecule is c1ccc(-c2ccc3ccc4ccc(-c5ccc6oc7ccc8c(-c9ccccc9)nc9ccccc9c8c7c6c5)nc4c3n2)cc1. The summed E-state index contributed by atoms with van der Waals surface area (Å²) in [5.74, 6) is 0. The number of fused-ring (bicyclic) bond motifs is 10. The van der Waals surface area contributed by atoms with Crippen LogP contribution in [-0.2, 0) is 0 Å². The minimum Gasteiger partial charge on any atom is -0.456 e. The van der Waals surface area contributed by atoms with Gasteiger partial charge in [-0.25, -0.2) is 15.0 Å². The summed E-state index contributed by atoms with van der Waals surface area (Å²) in [6.07, 6.45) is 0. The van der Waals surface area contributed by atoms with E-state index >= 15 is 0 Å². The van der Waals surface area contributed by atoms with E-state index in [1.807, 2.05) is 24.3 Å². The molecule has 6 aromatic carbocycles. The smallest absolute Gasteiger partial charge is 0.136 e. The summed E-state index contributed by atoms with van der Waals surface area (Å²) < 4.78 is 6.48. The average Bonchev–Trinajstić information content (AvgIpc) is 3.53. The average molecular weight is 600 g/mol. The van der Waals surface area contributed by atoms with Gasteiger partial charge in [0.2, 0.25) is 0 Å². The molecule has 218 valence electrons. The van der Waals surface area contributed by atoms with Crippen molar-refractivity contribution in [2.75, 3.05) is 0 Å². The number of para-hydroxylation sites is 1. The van der Waals surface area contributed by atoms with E-state index in [4.69, 9.17) is 19.4 Å². The fourth-order valence-corrected chi connectivity index (χ4v) is 6.98. The summed E-state index contributed by atoms with van der Waals surface area (Å²) in [6, 6.07) is 52.4. The molecule has 0 spiro atoms. The second kappa shape index (κ2) is 10.1. The van der Waals surface area contributed by atoms with Gasteiger partial charge in [-0.3, -0.25) is 0 Å². The predicted molar refractivity (Wildman–Crippen MR) is 193 cm³/mol. The Kier molecular flexibility index (Phi) is 5.54. The lowest BCUT2D eigenvalue weighted by Crippen LogP contribution is -1.91. The van der Waals surface area contributed by atoms with E-state index in [9.17, 15) is 0 Å².